The second-order valence-electron chi connectivity index (χ2n) is 4.00. The Labute approximate surface area is 100 Å². The average molecular weight is 235 g/mol. The summed E-state index contributed by atoms with van der Waals surface area (Å²) in [4.78, 5) is 6.63. The van der Waals surface area contributed by atoms with Crippen LogP contribution in [0.5, 0.6) is 0 Å². The summed E-state index contributed by atoms with van der Waals surface area (Å²) in [5, 5.41) is 4.43. The molecule has 0 radical (unpaired) electrons. The zero-order valence-electron chi connectivity index (χ0n) is 9.95. The van der Waals surface area contributed by atoms with E-state index in [-0.39, 0.29) is 0 Å². The van der Waals surface area contributed by atoms with E-state index in [0.717, 1.165) is 29.3 Å². The number of rotatable bonds is 4. The maximum Gasteiger partial charge on any atom is 0.185 e. The minimum Gasteiger partial charge on any atom is -0.385 e. The van der Waals surface area contributed by atoms with Crippen molar-refractivity contribution in [1.29, 1.82) is 0 Å². The molecule has 1 aromatic carbocycles. The summed E-state index contributed by atoms with van der Waals surface area (Å²) in [6.45, 7) is 3.18. The molecule has 2 rings (SSSR count). The van der Waals surface area contributed by atoms with Gasteiger partial charge < -0.3 is 10.2 Å². The molecule has 0 unspecified atom stereocenters. The molecule has 0 saturated heterocycles. The zero-order valence-corrected chi connectivity index (χ0v) is 10.8. The number of fused-ring (bicyclic) bond motifs is 1. The molecular weight excluding hydrogens is 218 g/mol. The second kappa shape index (κ2) is 4.70. The smallest absolute Gasteiger partial charge is 0.185 e. The van der Waals surface area contributed by atoms with Gasteiger partial charge in [-0.25, -0.2) is 4.98 Å². The lowest BCUT2D eigenvalue weighted by atomic mass is 10.3. The molecule has 1 aromatic heterocycles. The van der Waals surface area contributed by atoms with Crippen molar-refractivity contribution >= 4 is 32.4 Å². The largest absolute Gasteiger partial charge is 0.385 e. The number of aromatic nitrogens is 1. The van der Waals surface area contributed by atoms with E-state index in [1.807, 2.05) is 19.0 Å². The van der Waals surface area contributed by atoms with Gasteiger partial charge in [0.2, 0.25) is 0 Å². The Morgan fingerprint density at radius 3 is 2.88 bits per heavy atom. The SMILES string of the molecule is CCCNc1ccc2sc(N(C)C)nc2c1. The fourth-order valence-electron chi connectivity index (χ4n) is 1.49. The van der Waals surface area contributed by atoms with Crippen LogP contribution in [0.4, 0.5) is 10.8 Å². The molecule has 0 atom stereocenters. The van der Waals surface area contributed by atoms with Crippen molar-refractivity contribution in [2.75, 3.05) is 30.9 Å². The number of nitrogens with zero attached hydrogens (tertiary/aromatic N) is 2. The van der Waals surface area contributed by atoms with Crippen molar-refractivity contribution in [3.63, 3.8) is 0 Å². The molecule has 0 aliphatic heterocycles. The van der Waals surface area contributed by atoms with Gasteiger partial charge in [-0.1, -0.05) is 18.3 Å². The Hall–Kier alpha value is -1.29. The Bertz CT molecular complexity index is 476. The average Bonchev–Trinajstić information content (AvgIpc) is 2.69. The lowest BCUT2D eigenvalue weighted by Gasteiger charge is -2.04. The van der Waals surface area contributed by atoms with E-state index < -0.39 is 0 Å². The summed E-state index contributed by atoms with van der Waals surface area (Å²) in [5.74, 6) is 0. The molecule has 0 amide bonds. The Morgan fingerprint density at radius 1 is 1.38 bits per heavy atom. The molecule has 0 spiro atoms. The normalized spacial score (nSPS) is 10.7. The first-order valence-electron chi connectivity index (χ1n) is 5.52. The molecule has 2 aromatic rings. The quantitative estimate of drug-likeness (QED) is 0.882. The van der Waals surface area contributed by atoms with Gasteiger partial charge in [-0.3, -0.25) is 0 Å². The van der Waals surface area contributed by atoms with Gasteiger partial charge in [0.05, 0.1) is 10.2 Å². The number of thiazole rings is 1. The van der Waals surface area contributed by atoms with E-state index in [4.69, 9.17) is 0 Å². The molecule has 1 N–H and O–H groups in total. The summed E-state index contributed by atoms with van der Waals surface area (Å²) in [7, 11) is 4.04. The van der Waals surface area contributed by atoms with E-state index >= 15 is 0 Å². The van der Waals surface area contributed by atoms with Crippen molar-refractivity contribution in [2.24, 2.45) is 0 Å². The van der Waals surface area contributed by atoms with Gasteiger partial charge in [0.15, 0.2) is 5.13 Å². The fraction of sp³-hybridized carbons (Fsp3) is 0.417. The highest BCUT2D eigenvalue weighted by Crippen LogP contribution is 2.29. The number of anilines is 2. The highest BCUT2D eigenvalue weighted by atomic mass is 32.1. The minimum absolute atomic E-state index is 1.01. The van der Waals surface area contributed by atoms with Crippen LogP contribution in [0.25, 0.3) is 10.2 Å². The lowest BCUT2D eigenvalue weighted by Crippen LogP contribution is -2.07. The van der Waals surface area contributed by atoms with Crippen LogP contribution >= 0.6 is 11.3 Å². The van der Waals surface area contributed by atoms with Crippen LogP contribution in [0.15, 0.2) is 18.2 Å². The lowest BCUT2D eigenvalue weighted by molar-refractivity contribution is 0.980. The van der Waals surface area contributed by atoms with Crippen LogP contribution in [-0.4, -0.2) is 25.6 Å². The van der Waals surface area contributed by atoms with E-state index in [2.05, 4.69) is 35.4 Å². The molecule has 0 aliphatic carbocycles. The standard InChI is InChI=1S/C12H17N3S/c1-4-7-13-9-5-6-11-10(8-9)14-12(16-11)15(2)3/h5-6,8,13H,4,7H2,1-3H3. The first-order valence-corrected chi connectivity index (χ1v) is 6.34. The van der Waals surface area contributed by atoms with E-state index in [1.165, 1.54) is 4.70 Å². The molecule has 1 heterocycles. The maximum atomic E-state index is 4.59. The number of hydrogen-bond donors (Lipinski definition) is 1. The van der Waals surface area contributed by atoms with Crippen LogP contribution in [0.3, 0.4) is 0 Å². The zero-order chi connectivity index (χ0) is 11.5. The summed E-state index contributed by atoms with van der Waals surface area (Å²) >= 11 is 1.72. The molecule has 16 heavy (non-hydrogen) atoms. The van der Waals surface area contributed by atoms with Gasteiger partial charge >= 0.3 is 0 Å². The third-order valence-electron chi connectivity index (χ3n) is 2.34. The van der Waals surface area contributed by atoms with Crippen LogP contribution in [-0.2, 0) is 0 Å². The van der Waals surface area contributed by atoms with Gasteiger partial charge in [-0.2, -0.15) is 0 Å². The molecule has 0 bridgehead atoms. The van der Waals surface area contributed by atoms with Gasteiger partial charge in [-0.05, 0) is 24.6 Å². The van der Waals surface area contributed by atoms with Crippen LogP contribution in [0, 0.1) is 0 Å². The molecule has 86 valence electrons. The summed E-state index contributed by atoms with van der Waals surface area (Å²) in [5.41, 5.74) is 2.24. The predicted molar refractivity (Wildman–Crippen MR) is 72.7 cm³/mol. The summed E-state index contributed by atoms with van der Waals surface area (Å²) in [6, 6.07) is 6.38. The topological polar surface area (TPSA) is 28.2 Å². The first kappa shape index (κ1) is 11.2. The summed E-state index contributed by atoms with van der Waals surface area (Å²) in [6.07, 6.45) is 1.14. The van der Waals surface area contributed by atoms with Crippen LogP contribution < -0.4 is 10.2 Å². The van der Waals surface area contributed by atoms with Crippen molar-refractivity contribution < 1.29 is 0 Å². The van der Waals surface area contributed by atoms with Crippen molar-refractivity contribution in [3.8, 4) is 0 Å². The second-order valence-corrected chi connectivity index (χ2v) is 5.01. The van der Waals surface area contributed by atoms with E-state index in [0.29, 0.717) is 0 Å². The fourth-order valence-corrected chi connectivity index (χ4v) is 2.35. The van der Waals surface area contributed by atoms with E-state index in [9.17, 15) is 0 Å². The monoisotopic (exact) mass is 235 g/mol. The van der Waals surface area contributed by atoms with E-state index in [1.54, 1.807) is 11.3 Å². The van der Waals surface area contributed by atoms with Crippen molar-refractivity contribution in [1.82, 2.24) is 4.98 Å². The van der Waals surface area contributed by atoms with Crippen molar-refractivity contribution in [3.05, 3.63) is 18.2 Å². The number of benzene rings is 1. The van der Waals surface area contributed by atoms with Gasteiger partial charge in [0, 0.05) is 26.3 Å². The Kier molecular flexibility index (Phi) is 3.29. The Morgan fingerprint density at radius 2 is 2.19 bits per heavy atom. The number of hydrogen-bond acceptors (Lipinski definition) is 4. The molecule has 4 heteroatoms. The van der Waals surface area contributed by atoms with Gasteiger partial charge in [-0.15, -0.1) is 0 Å². The molecule has 0 saturated carbocycles. The predicted octanol–water partition coefficient (Wildman–Crippen LogP) is 3.18. The highest BCUT2D eigenvalue weighted by Gasteiger charge is 2.05. The highest BCUT2D eigenvalue weighted by molar-refractivity contribution is 7.22. The van der Waals surface area contributed by atoms with Crippen molar-refractivity contribution in [2.45, 2.75) is 13.3 Å². The molecule has 0 fully saturated rings. The molecule has 0 aliphatic rings. The first-order chi connectivity index (χ1) is 7.70. The minimum atomic E-state index is 1.01. The Balaban J connectivity index is 2.30. The molecule has 3 nitrogen and oxygen atoms in total. The van der Waals surface area contributed by atoms with Crippen LogP contribution in [0.1, 0.15) is 13.3 Å². The number of nitrogens with one attached hydrogen (secondary N) is 1. The molecular formula is C12H17N3S. The third kappa shape index (κ3) is 2.27. The maximum absolute atomic E-state index is 4.59. The summed E-state index contributed by atoms with van der Waals surface area (Å²) < 4.78 is 1.24. The van der Waals surface area contributed by atoms with Gasteiger partial charge in [0.25, 0.3) is 0 Å². The third-order valence-corrected chi connectivity index (χ3v) is 3.54. The van der Waals surface area contributed by atoms with Crippen LogP contribution in [0.2, 0.25) is 0 Å². The van der Waals surface area contributed by atoms with Gasteiger partial charge in [0.1, 0.15) is 0 Å².